The van der Waals surface area contributed by atoms with Gasteiger partial charge in [-0.25, -0.2) is 0 Å². The Morgan fingerprint density at radius 1 is 0.247 bits per heavy atom. The van der Waals surface area contributed by atoms with Crippen molar-refractivity contribution in [2.24, 2.45) is 0 Å². The van der Waals surface area contributed by atoms with E-state index < -0.39 is 0 Å². The molecule has 0 aromatic heterocycles. The molecule has 14 aromatic carbocycles. The molecular formula is C85H59B2N5S. The molecule has 4 aliphatic heterocycles. The van der Waals surface area contributed by atoms with Gasteiger partial charge in [0.1, 0.15) is 0 Å². The number of nitrogens with zero attached hydrogens (tertiary/aromatic N) is 5. The van der Waals surface area contributed by atoms with Gasteiger partial charge in [-0.15, -0.1) is 0 Å². The topological polar surface area (TPSA) is 16.2 Å². The summed E-state index contributed by atoms with van der Waals surface area (Å²) in [7, 11) is 0. The van der Waals surface area contributed by atoms with E-state index in [9.17, 15) is 0 Å². The Hall–Kier alpha value is -11.4. The van der Waals surface area contributed by atoms with Gasteiger partial charge in [0, 0.05) is 89.4 Å². The summed E-state index contributed by atoms with van der Waals surface area (Å²) in [6, 6.07) is 126. The third-order valence-electron chi connectivity index (χ3n) is 19.1. The third-order valence-corrected chi connectivity index (χ3v) is 20.3. The minimum absolute atomic E-state index is 0.0754. The number of hydrogen-bond donors (Lipinski definition) is 0. The molecule has 93 heavy (non-hydrogen) atoms. The zero-order valence-corrected chi connectivity index (χ0v) is 51.9. The number of para-hydroxylation sites is 7. The molecule has 4 heterocycles. The standard InChI is InChI=1S/C85H59B2N5S/c1-58-26-20-23-41-75(58)92-78-57-82-74(87-72-40-22-25-43-77(72)91(66-37-18-7-19-38-66)81-54-70(55-83(93-82)85(81)87)88(63-31-12-4-13-32-63)64-33-14-5-15-34-64)56-73(78)86-71-39-21-24-42-76(71)90(65-35-16-6-17-36-65)79-52-69(53-80(92)84(79)86)89(67-48-44-61(45-49-67)59-27-8-2-9-28-59)68-50-46-62(47-51-68)60-29-10-3-11-30-60/h2-57H,1H3. The number of fused-ring (bicyclic) bond motifs is 8. The third kappa shape index (κ3) is 9.11. The smallest absolute Gasteiger partial charge is 0.252 e. The van der Waals surface area contributed by atoms with Gasteiger partial charge in [0.05, 0.1) is 5.69 Å². The Morgan fingerprint density at radius 3 is 1.12 bits per heavy atom. The summed E-state index contributed by atoms with van der Waals surface area (Å²) in [5.74, 6) is 0. The summed E-state index contributed by atoms with van der Waals surface area (Å²) in [6.45, 7) is 2.06. The molecule has 0 amide bonds. The van der Waals surface area contributed by atoms with Gasteiger partial charge < -0.3 is 24.5 Å². The van der Waals surface area contributed by atoms with E-state index in [4.69, 9.17) is 0 Å². The molecule has 0 aliphatic carbocycles. The van der Waals surface area contributed by atoms with Crippen LogP contribution in [0.5, 0.6) is 0 Å². The second kappa shape index (κ2) is 22.5. The molecule has 0 atom stereocenters. The number of anilines is 15. The second-order valence-corrected chi connectivity index (χ2v) is 25.5. The minimum atomic E-state index is -0.136. The summed E-state index contributed by atoms with van der Waals surface area (Å²) >= 11 is 1.91. The average Bonchev–Trinajstić information content (AvgIpc) is 0.695. The summed E-state index contributed by atoms with van der Waals surface area (Å²) < 4.78 is 0. The second-order valence-electron chi connectivity index (χ2n) is 24.4. The van der Waals surface area contributed by atoms with Crippen LogP contribution in [-0.2, 0) is 0 Å². The quantitative estimate of drug-likeness (QED) is 0.119. The van der Waals surface area contributed by atoms with Gasteiger partial charge in [-0.3, -0.25) is 0 Å². The van der Waals surface area contributed by atoms with Crippen LogP contribution in [0.1, 0.15) is 5.56 Å². The van der Waals surface area contributed by atoms with Crippen molar-refractivity contribution in [1.29, 1.82) is 0 Å². The predicted molar refractivity (Wildman–Crippen MR) is 395 cm³/mol. The molecule has 0 fully saturated rings. The highest BCUT2D eigenvalue weighted by Gasteiger charge is 2.48. The summed E-state index contributed by atoms with van der Waals surface area (Å²) in [5.41, 5.74) is 30.5. The fraction of sp³-hybridized carbons (Fsp3) is 0.0118. The Kier molecular flexibility index (Phi) is 13.2. The van der Waals surface area contributed by atoms with Crippen molar-refractivity contribution in [3.63, 3.8) is 0 Å². The normalized spacial score (nSPS) is 12.8. The highest BCUT2D eigenvalue weighted by Crippen LogP contribution is 2.52. The molecule has 436 valence electrons. The van der Waals surface area contributed by atoms with E-state index in [1.807, 2.05) is 11.8 Å². The lowest BCUT2D eigenvalue weighted by Gasteiger charge is -2.46. The first kappa shape index (κ1) is 54.5. The lowest BCUT2D eigenvalue weighted by atomic mass is 9.31. The summed E-state index contributed by atoms with van der Waals surface area (Å²) in [6.07, 6.45) is 0. The van der Waals surface area contributed by atoms with Crippen molar-refractivity contribution in [2.45, 2.75) is 16.7 Å². The molecule has 0 saturated carbocycles. The predicted octanol–water partition coefficient (Wildman–Crippen LogP) is 19.1. The van der Waals surface area contributed by atoms with Crippen LogP contribution in [0.3, 0.4) is 0 Å². The van der Waals surface area contributed by atoms with E-state index in [0.717, 1.165) is 62.6 Å². The van der Waals surface area contributed by atoms with E-state index in [1.54, 1.807) is 0 Å². The first-order valence-electron chi connectivity index (χ1n) is 32.0. The Balaban J connectivity index is 0.901. The van der Waals surface area contributed by atoms with Gasteiger partial charge in [0.15, 0.2) is 0 Å². The van der Waals surface area contributed by atoms with Crippen molar-refractivity contribution >= 4 is 143 Å². The van der Waals surface area contributed by atoms with Gasteiger partial charge >= 0.3 is 0 Å². The molecule has 0 radical (unpaired) electrons. The first-order chi connectivity index (χ1) is 46.1. The Morgan fingerprint density at radius 2 is 0.624 bits per heavy atom. The van der Waals surface area contributed by atoms with Crippen molar-refractivity contribution in [3.8, 4) is 22.3 Å². The molecule has 4 aliphatic rings. The van der Waals surface area contributed by atoms with E-state index in [1.165, 1.54) is 93.1 Å². The molecule has 18 rings (SSSR count). The summed E-state index contributed by atoms with van der Waals surface area (Å²) in [5, 5.41) is 0. The van der Waals surface area contributed by atoms with Crippen molar-refractivity contribution in [2.75, 3.05) is 24.5 Å². The van der Waals surface area contributed by atoms with Gasteiger partial charge in [-0.2, -0.15) is 0 Å². The van der Waals surface area contributed by atoms with Crippen molar-refractivity contribution in [3.05, 3.63) is 345 Å². The molecule has 8 heteroatoms. The maximum Gasteiger partial charge on any atom is 0.252 e. The number of aryl methyl sites for hydroxylation is 1. The van der Waals surface area contributed by atoms with Gasteiger partial charge in [0.25, 0.3) is 6.71 Å². The van der Waals surface area contributed by atoms with E-state index in [2.05, 4.69) is 371 Å². The maximum atomic E-state index is 2.64. The molecule has 0 N–H and O–H groups in total. The number of benzene rings is 14. The van der Waals surface area contributed by atoms with Crippen LogP contribution < -0.4 is 57.3 Å². The molecule has 0 saturated heterocycles. The molecule has 0 bridgehead atoms. The lowest BCUT2D eigenvalue weighted by Crippen LogP contribution is -2.64. The first-order valence-corrected chi connectivity index (χ1v) is 32.9. The van der Waals surface area contributed by atoms with E-state index in [-0.39, 0.29) is 13.4 Å². The van der Waals surface area contributed by atoms with Crippen LogP contribution in [0.2, 0.25) is 0 Å². The average molecular weight is 1200 g/mol. The SMILES string of the molecule is Cc1ccccc1N1c2cc3c(cc2B2c4ccccc4N(c4ccccc4)c4cc(N(c5ccc(-c6ccccc6)cc5)c5ccc(-c6ccccc6)cc5)cc1c42)B1c2ccccc2N(c2ccccc2)c2cc(N(c4ccccc4)c4ccccc4)cc(c21)S3. The van der Waals surface area contributed by atoms with Crippen LogP contribution in [0, 0.1) is 6.92 Å². The lowest BCUT2D eigenvalue weighted by molar-refractivity contribution is 1.21. The number of rotatable bonds is 11. The van der Waals surface area contributed by atoms with Crippen LogP contribution in [0.4, 0.5) is 85.3 Å². The van der Waals surface area contributed by atoms with Crippen molar-refractivity contribution < 1.29 is 0 Å². The zero-order valence-electron chi connectivity index (χ0n) is 51.1. The number of hydrogen-bond acceptors (Lipinski definition) is 6. The van der Waals surface area contributed by atoms with Crippen LogP contribution >= 0.6 is 11.8 Å². The largest absolute Gasteiger partial charge is 0.311 e. The molecule has 14 aromatic rings. The van der Waals surface area contributed by atoms with Gasteiger partial charge in [0.2, 0.25) is 6.71 Å². The minimum Gasteiger partial charge on any atom is -0.311 e. The van der Waals surface area contributed by atoms with E-state index in [0.29, 0.717) is 0 Å². The Labute approximate surface area is 548 Å². The fourth-order valence-corrected chi connectivity index (χ4v) is 16.3. The van der Waals surface area contributed by atoms with Crippen LogP contribution in [0.25, 0.3) is 22.3 Å². The Bertz CT molecular complexity index is 5030. The molecular weight excluding hydrogens is 1140 g/mol. The maximum absolute atomic E-state index is 2.64. The summed E-state index contributed by atoms with van der Waals surface area (Å²) in [4.78, 5) is 15.0. The highest BCUT2D eigenvalue weighted by atomic mass is 32.2. The zero-order chi connectivity index (χ0) is 61.5. The monoisotopic (exact) mass is 1200 g/mol. The van der Waals surface area contributed by atoms with Gasteiger partial charge in [-0.05, 0) is 183 Å². The highest BCUT2D eigenvalue weighted by molar-refractivity contribution is 8.00. The molecule has 0 spiro atoms. The van der Waals surface area contributed by atoms with E-state index >= 15 is 0 Å². The van der Waals surface area contributed by atoms with Crippen molar-refractivity contribution in [1.82, 2.24) is 0 Å². The van der Waals surface area contributed by atoms with Gasteiger partial charge in [-0.1, -0.05) is 236 Å². The molecule has 5 nitrogen and oxygen atoms in total. The fourth-order valence-electron chi connectivity index (χ4n) is 15.1. The molecule has 0 unspecified atom stereocenters. The van der Waals surface area contributed by atoms with Crippen LogP contribution in [0.15, 0.2) is 350 Å². The van der Waals surface area contributed by atoms with Crippen LogP contribution in [-0.4, -0.2) is 13.4 Å².